The Morgan fingerprint density at radius 1 is 1.39 bits per heavy atom. The number of carbonyl (C=O) groups is 1. The smallest absolute Gasteiger partial charge is 0.224 e. The normalized spacial score (nSPS) is 15.0. The van der Waals surface area contributed by atoms with Crippen LogP contribution in [0.25, 0.3) is 0 Å². The molecule has 0 fully saturated rings. The van der Waals surface area contributed by atoms with Crippen LogP contribution in [0, 0.1) is 0 Å². The number of hydrogen-bond acceptors (Lipinski definition) is 3. The van der Waals surface area contributed by atoms with Crippen molar-refractivity contribution in [3.63, 3.8) is 0 Å². The third-order valence-electron chi connectivity index (χ3n) is 3.04. The van der Waals surface area contributed by atoms with E-state index in [9.17, 15) is 4.79 Å². The number of hydrogen-bond donors (Lipinski definition) is 2. The number of nitrogens with zero attached hydrogens (tertiary/aromatic N) is 1. The zero-order valence-corrected chi connectivity index (χ0v) is 10.5. The average molecular weight is 245 g/mol. The van der Waals surface area contributed by atoms with Gasteiger partial charge in [0.15, 0.2) is 0 Å². The summed E-state index contributed by atoms with van der Waals surface area (Å²) < 4.78 is 0. The van der Waals surface area contributed by atoms with Gasteiger partial charge in [0.05, 0.1) is 6.42 Å². The van der Waals surface area contributed by atoms with Gasteiger partial charge in [-0.25, -0.2) is 0 Å². The summed E-state index contributed by atoms with van der Waals surface area (Å²) in [5.74, 6) is 0.0794. The summed E-state index contributed by atoms with van der Waals surface area (Å²) >= 11 is 0. The molecule has 0 saturated carbocycles. The van der Waals surface area contributed by atoms with Crippen LogP contribution < -0.4 is 10.6 Å². The summed E-state index contributed by atoms with van der Waals surface area (Å²) in [7, 11) is 0. The second-order valence-electron chi connectivity index (χ2n) is 4.45. The van der Waals surface area contributed by atoms with Gasteiger partial charge in [-0.2, -0.15) is 0 Å². The summed E-state index contributed by atoms with van der Waals surface area (Å²) in [4.78, 5) is 15.6. The first-order valence-electron chi connectivity index (χ1n) is 6.39. The molecule has 2 rings (SSSR count). The number of carbonyl (C=O) groups excluding carboxylic acids is 1. The quantitative estimate of drug-likeness (QED) is 0.762. The van der Waals surface area contributed by atoms with E-state index in [-0.39, 0.29) is 5.91 Å². The third-order valence-corrected chi connectivity index (χ3v) is 3.04. The highest BCUT2D eigenvalue weighted by molar-refractivity contribution is 5.78. The predicted octanol–water partition coefficient (Wildman–Crippen LogP) is 1.05. The molecule has 0 radical (unpaired) electrons. The molecule has 0 aromatic carbocycles. The molecule has 18 heavy (non-hydrogen) atoms. The molecule has 0 aliphatic carbocycles. The molecule has 0 bridgehead atoms. The van der Waals surface area contributed by atoms with Crippen molar-refractivity contribution >= 4 is 5.91 Å². The highest BCUT2D eigenvalue weighted by Gasteiger charge is 2.05. The van der Waals surface area contributed by atoms with Crippen LogP contribution in [0.1, 0.15) is 18.4 Å². The molecule has 2 heterocycles. The molecule has 4 heteroatoms. The number of rotatable bonds is 5. The maximum Gasteiger partial charge on any atom is 0.224 e. The lowest BCUT2D eigenvalue weighted by atomic mass is 10.1. The lowest BCUT2D eigenvalue weighted by Gasteiger charge is -2.14. The highest BCUT2D eigenvalue weighted by atomic mass is 16.1. The van der Waals surface area contributed by atoms with Gasteiger partial charge in [0.25, 0.3) is 0 Å². The number of amides is 1. The van der Waals surface area contributed by atoms with Gasteiger partial charge in [0.1, 0.15) is 0 Å². The van der Waals surface area contributed by atoms with Crippen molar-refractivity contribution in [2.24, 2.45) is 0 Å². The van der Waals surface area contributed by atoms with Gasteiger partial charge in [-0.1, -0.05) is 11.6 Å². The first-order valence-corrected chi connectivity index (χ1v) is 6.39. The molecule has 2 N–H and O–H groups in total. The van der Waals surface area contributed by atoms with E-state index in [4.69, 9.17) is 0 Å². The van der Waals surface area contributed by atoms with Crippen molar-refractivity contribution in [1.29, 1.82) is 0 Å². The molecule has 0 saturated heterocycles. The van der Waals surface area contributed by atoms with Crippen molar-refractivity contribution in [2.45, 2.75) is 19.3 Å². The number of pyridine rings is 1. The third kappa shape index (κ3) is 4.30. The minimum atomic E-state index is 0.0794. The molecule has 0 unspecified atom stereocenters. The fourth-order valence-corrected chi connectivity index (χ4v) is 2.01. The molecule has 96 valence electrons. The van der Waals surface area contributed by atoms with Gasteiger partial charge in [0.2, 0.25) is 5.91 Å². The van der Waals surface area contributed by atoms with Crippen molar-refractivity contribution in [3.8, 4) is 0 Å². The van der Waals surface area contributed by atoms with Crippen LogP contribution in [-0.2, 0) is 11.2 Å². The van der Waals surface area contributed by atoms with E-state index in [1.54, 1.807) is 12.4 Å². The minimum absolute atomic E-state index is 0.0794. The first kappa shape index (κ1) is 12.8. The van der Waals surface area contributed by atoms with Gasteiger partial charge >= 0.3 is 0 Å². The SMILES string of the molecule is O=C(Cc1ccncc1)NCCC1=CCNCC1. The molecular formula is C14H19N3O. The number of nitrogens with one attached hydrogen (secondary N) is 2. The van der Waals surface area contributed by atoms with Crippen LogP contribution >= 0.6 is 0 Å². The molecule has 4 nitrogen and oxygen atoms in total. The maximum atomic E-state index is 11.7. The molecule has 1 aromatic heterocycles. The van der Waals surface area contributed by atoms with Crippen LogP contribution in [0.2, 0.25) is 0 Å². The van der Waals surface area contributed by atoms with Gasteiger partial charge in [-0.15, -0.1) is 0 Å². The second-order valence-corrected chi connectivity index (χ2v) is 4.45. The van der Waals surface area contributed by atoms with E-state index in [0.717, 1.165) is 38.0 Å². The first-order chi connectivity index (χ1) is 8.84. The number of aromatic nitrogens is 1. The van der Waals surface area contributed by atoms with E-state index in [2.05, 4.69) is 21.7 Å². The largest absolute Gasteiger partial charge is 0.355 e. The second kappa shape index (κ2) is 6.91. The standard InChI is InChI=1S/C14H19N3O/c18-14(11-13-3-8-16-9-4-13)17-10-5-12-1-6-15-7-2-12/h1,3-4,8-9,15H,2,5-7,10-11H2,(H,17,18). The summed E-state index contributed by atoms with van der Waals surface area (Å²) in [5.41, 5.74) is 2.45. The van der Waals surface area contributed by atoms with Gasteiger partial charge in [0, 0.05) is 25.5 Å². The Hall–Kier alpha value is -1.68. The summed E-state index contributed by atoms with van der Waals surface area (Å²) in [5, 5.41) is 6.23. The zero-order valence-electron chi connectivity index (χ0n) is 10.5. The van der Waals surface area contributed by atoms with Crippen molar-refractivity contribution < 1.29 is 4.79 Å². The van der Waals surface area contributed by atoms with Crippen LogP contribution in [0.4, 0.5) is 0 Å². The fraction of sp³-hybridized carbons (Fsp3) is 0.429. The van der Waals surface area contributed by atoms with Gasteiger partial charge in [-0.3, -0.25) is 9.78 Å². The molecule has 0 spiro atoms. The molecule has 0 atom stereocenters. The molecular weight excluding hydrogens is 226 g/mol. The van der Waals surface area contributed by atoms with Crippen molar-refractivity contribution in [3.05, 3.63) is 41.7 Å². The lowest BCUT2D eigenvalue weighted by Crippen LogP contribution is -2.27. The summed E-state index contributed by atoms with van der Waals surface area (Å²) in [6.45, 7) is 2.74. The van der Waals surface area contributed by atoms with E-state index >= 15 is 0 Å². The Labute approximate surface area is 108 Å². The fourth-order valence-electron chi connectivity index (χ4n) is 2.01. The van der Waals surface area contributed by atoms with E-state index in [0.29, 0.717) is 6.42 Å². The van der Waals surface area contributed by atoms with E-state index in [1.165, 1.54) is 5.57 Å². The summed E-state index contributed by atoms with van der Waals surface area (Å²) in [6, 6.07) is 3.74. The Morgan fingerprint density at radius 2 is 2.22 bits per heavy atom. The van der Waals surface area contributed by atoms with Gasteiger partial charge in [-0.05, 0) is 37.1 Å². The van der Waals surface area contributed by atoms with Crippen LogP contribution in [0.15, 0.2) is 36.2 Å². The van der Waals surface area contributed by atoms with E-state index < -0.39 is 0 Å². The van der Waals surface area contributed by atoms with Gasteiger partial charge < -0.3 is 10.6 Å². The van der Waals surface area contributed by atoms with Crippen molar-refractivity contribution in [1.82, 2.24) is 15.6 Å². The minimum Gasteiger partial charge on any atom is -0.355 e. The molecule has 1 aliphatic heterocycles. The van der Waals surface area contributed by atoms with Crippen LogP contribution in [0.5, 0.6) is 0 Å². The van der Waals surface area contributed by atoms with Crippen LogP contribution in [-0.4, -0.2) is 30.5 Å². The summed E-state index contributed by atoms with van der Waals surface area (Å²) in [6.07, 6.45) is 8.14. The topological polar surface area (TPSA) is 54.0 Å². The highest BCUT2D eigenvalue weighted by Crippen LogP contribution is 2.07. The average Bonchev–Trinajstić information content (AvgIpc) is 2.41. The predicted molar refractivity (Wildman–Crippen MR) is 71.1 cm³/mol. The van der Waals surface area contributed by atoms with Crippen molar-refractivity contribution in [2.75, 3.05) is 19.6 Å². The van der Waals surface area contributed by atoms with E-state index in [1.807, 2.05) is 12.1 Å². The Balaban J connectivity index is 1.67. The Bertz CT molecular complexity index is 414. The molecule has 1 amide bonds. The Morgan fingerprint density at radius 3 is 2.94 bits per heavy atom. The Kier molecular flexibility index (Phi) is 4.90. The molecule has 1 aliphatic rings. The molecule has 1 aromatic rings. The lowest BCUT2D eigenvalue weighted by molar-refractivity contribution is -0.120. The monoisotopic (exact) mass is 245 g/mol. The zero-order chi connectivity index (χ0) is 12.6. The maximum absolute atomic E-state index is 11.7. The van der Waals surface area contributed by atoms with Crippen LogP contribution in [0.3, 0.4) is 0 Å².